The third-order valence-electron chi connectivity index (χ3n) is 4.64. The van der Waals surface area contributed by atoms with Gasteiger partial charge in [0.05, 0.1) is 12.6 Å². The third-order valence-corrected chi connectivity index (χ3v) is 4.64. The van der Waals surface area contributed by atoms with Gasteiger partial charge in [-0.25, -0.2) is 0 Å². The first-order chi connectivity index (χ1) is 9.74. The average molecular weight is 276 g/mol. The molecule has 0 bridgehead atoms. The lowest BCUT2D eigenvalue weighted by molar-refractivity contribution is 0.153. The molecule has 0 aromatic heterocycles. The molecule has 1 aliphatic heterocycles. The lowest BCUT2D eigenvalue weighted by Crippen LogP contribution is -2.43. The van der Waals surface area contributed by atoms with Crippen LogP contribution in [0.2, 0.25) is 0 Å². The van der Waals surface area contributed by atoms with Gasteiger partial charge >= 0.3 is 0 Å². The van der Waals surface area contributed by atoms with E-state index < -0.39 is 0 Å². The van der Waals surface area contributed by atoms with Gasteiger partial charge in [0.25, 0.3) is 0 Å². The largest absolute Gasteiger partial charge is 0.394 e. The molecule has 1 aromatic carbocycles. The zero-order valence-electron chi connectivity index (χ0n) is 12.8. The topological polar surface area (TPSA) is 35.5 Å². The quantitative estimate of drug-likeness (QED) is 0.837. The predicted molar refractivity (Wildman–Crippen MR) is 83.7 cm³/mol. The van der Waals surface area contributed by atoms with E-state index in [9.17, 15) is 5.11 Å². The van der Waals surface area contributed by atoms with Gasteiger partial charge in [-0.05, 0) is 50.9 Å². The van der Waals surface area contributed by atoms with Crippen molar-refractivity contribution >= 4 is 0 Å². The zero-order valence-corrected chi connectivity index (χ0v) is 12.8. The van der Waals surface area contributed by atoms with Crippen LogP contribution in [-0.4, -0.2) is 42.3 Å². The van der Waals surface area contributed by atoms with E-state index in [4.69, 9.17) is 0 Å². The molecule has 0 aliphatic carbocycles. The van der Waals surface area contributed by atoms with Crippen LogP contribution in [0.5, 0.6) is 0 Å². The lowest BCUT2D eigenvalue weighted by Gasteiger charge is -2.36. The number of hydrogen-bond acceptors (Lipinski definition) is 3. The summed E-state index contributed by atoms with van der Waals surface area (Å²) >= 11 is 0. The second-order valence-electron chi connectivity index (χ2n) is 5.87. The Balaban J connectivity index is 1.88. The van der Waals surface area contributed by atoms with E-state index >= 15 is 0 Å². The molecule has 20 heavy (non-hydrogen) atoms. The van der Waals surface area contributed by atoms with Crippen LogP contribution in [0.1, 0.15) is 38.3 Å². The Bertz CT molecular complexity index is 374. The molecule has 1 heterocycles. The summed E-state index contributed by atoms with van der Waals surface area (Å²) < 4.78 is 0. The van der Waals surface area contributed by atoms with E-state index in [-0.39, 0.29) is 12.6 Å². The number of nitrogens with one attached hydrogen (secondary N) is 1. The molecule has 3 heteroatoms. The van der Waals surface area contributed by atoms with E-state index in [2.05, 4.69) is 36.2 Å². The molecule has 0 amide bonds. The Morgan fingerprint density at radius 3 is 2.45 bits per heavy atom. The minimum absolute atomic E-state index is 0.0513. The highest BCUT2D eigenvalue weighted by Gasteiger charge is 2.25. The van der Waals surface area contributed by atoms with Crippen molar-refractivity contribution in [1.29, 1.82) is 0 Å². The molecule has 112 valence electrons. The maximum absolute atomic E-state index is 9.64. The van der Waals surface area contributed by atoms with Gasteiger partial charge in [0.1, 0.15) is 0 Å². The van der Waals surface area contributed by atoms with Gasteiger partial charge in [-0.2, -0.15) is 0 Å². The highest BCUT2D eigenvalue weighted by molar-refractivity contribution is 5.19. The van der Waals surface area contributed by atoms with Gasteiger partial charge in [0.15, 0.2) is 0 Å². The summed E-state index contributed by atoms with van der Waals surface area (Å²) in [7, 11) is 0. The molecule has 0 radical (unpaired) electrons. The number of nitrogens with zero attached hydrogens (tertiary/aromatic N) is 1. The Kier molecular flexibility index (Phi) is 6.02. The van der Waals surface area contributed by atoms with Crippen molar-refractivity contribution in [3.8, 4) is 0 Å². The Labute approximate surface area is 123 Å². The average Bonchev–Trinajstić information content (AvgIpc) is 2.53. The number of aliphatic hydroxyl groups excluding tert-OH is 1. The smallest absolute Gasteiger partial charge is 0.0626 e. The zero-order chi connectivity index (χ0) is 14.4. The number of piperidine rings is 1. The van der Waals surface area contributed by atoms with Gasteiger partial charge in [0, 0.05) is 6.04 Å². The molecular weight excluding hydrogens is 248 g/mol. The van der Waals surface area contributed by atoms with Gasteiger partial charge in [-0.1, -0.05) is 37.3 Å². The van der Waals surface area contributed by atoms with Crippen molar-refractivity contribution in [2.24, 2.45) is 5.92 Å². The van der Waals surface area contributed by atoms with Crippen LogP contribution >= 0.6 is 0 Å². The van der Waals surface area contributed by atoms with Crippen LogP contribution in [0.25, 0.3) is 0 Å². The molecule has 1 saturated heterocycles. The molecular formula is C17H28N2O. The summed E-state index contributed by atoms with van der Waals surface area (Å²) in [5.41, 5.74) is 1.17. The standard InChI is InChI=1S/C17H28N2O/c1-3-19-11-9-15(10-12-19)14(2)18-17(13-20)16-7-5-4-6-8-16/h4-8,14-15,17-18,20H,3,9-13H2,1-2H3/t14?,17-/m1/s1. The summed E-state index contributed by atoms with van der Waals surface area (Å²) in [4.78, 5) is 2.52. The van der Waals surface area contributed by atoms with Crippen LogP contribution in [-0.2, 0) is 0 Å². The fourth-order valence-electron chi connectivity index (χ4n) is 3.16. The van der Waals surface area contributed by atoms with E-state index in [0.717, 1.165) is 12.5 Å². The van der Waals surface area contributed by atoms with E-state index in [1.54, 1.807) is 0 Å². The predicted octanol–water partition coefficient (Wildman–Crippen LogP) is 2.43. The SMILES string of the molecule is CCN1CCC(C(C)N[C@H](CO)c2ccccc2)CC1. The minimum Gasteiger partial charge on any atom is -0.394 e. The van der Waals surface area contributed by atoms with Gasteiger partial charge in [0.2, 0.25) is 0 Å². The Hall–Kier alpha value is -0.900. The number of aliphatic hydroxyl groups is 1. The first-order valence-corrected chi connectivity index (χ1v) is 7.88. The summed E-state index contributed by atoms with van der Waals surface area (Å²) in [6.45, 7) is 8.24. The van der Waals surface area contributed by atoms with E-state index in [0.29, 0.717) is 6.04 Å². The normalized spacial score (nSPS) is 20.8. The first-order valence-electron chi connectivity index (χ1n) is 7.88. The highest BCUT2D eigenvalue weighted by atomic mass is 16.3. The van der Waals surface area contributed by atoms with E-state index in [1.807, 2.05) is 18.2 Å². The molecule has 0 saturated carbocycles. The van der Waals surface area contributed by atoms with Crippen molar-refractivity contribution in [3.63, 3.8) is 0 Å². The molecule has 1 aromatic rings. The van der Waals surface area contributed by atoms with E-state index in [1.165, 1.54) is 31.5 Å². The second kappa shape index (κ2) is 7.77. The minimum atomic E-state index is 0.0513. The molecule has 0 spiro atoms. The fraction of sp³-hybridized carbons (Fsp3) is 0.647. The summed E-state index contributed by atoms with van der Waals surface area (Å²) in [6.07, 6.45) is 2.52. The summed E-state index contributed by atoms with van der Waals surface area (Å²) in [5.74, 6) is 0.718. The highest BCUT2D eigenvalue weighted by Crippen LogP contribution is 2.23. The second-order valence-corrected chi connectivity index (χ2v) is 5.87. The maximum atomic E-state index is 9.64. The van der Waals surface area contributed by atoms with Gasteiger partial charge in [-0.15, -0.1) is 0 Å². The number of rotatable bonds is 6. The number of hydrogen-bond donors (Lipinski definition) is 2. The lowest BCUT2D eigenvalue weighted by atomic mass is 9.89. The maximum Gasteiger partial charge on any atom is 0.0626 e. The molecule has 1 fully saturated rings. The summed E-state index contributed by atoms with van der Waals surface area (Å²) in [6, 6.07) is 10.7. The van der Waals surface area contributed by atoms with Crippen LogP contribution in [0, 0.1) is 5.92 Å². The van der Waals surface area contributed by atoms with Crippen molar-refractivity contribution in [1.82, 2.24) is 10.2 Å². The van der Waals surface area contributed by atoms with Gasteiger partial charge in [-0.3, -0.25) is 0 Å². The van der Waals surface area contributed by atoms with Crippen molar-refractivity contribution < 1.29 is 5.11 Å². The molecule has 2 N–H and O–H groups in total. The Morgan fingerprint density at radius 2 is 1.90 bits per heavy atom. The fourth-order valence-corrected chi connectivity index (χ4v) is 3.16. The Morgan fingerprint density at radius 1 is 1.25 bits per heavy atom. The monoisotopic (exact) mass is 276 g/mol. The van der Waals surface area contributed by atoms with Gasteiger partial charge < -0.3 is 15.3 Å². The first kappa shape index (κ1) is 15.5. The number of likely N-dealkylation sites (tertiary alicyclic amines) is 1. The molecule has 2 rings (SSSR count). The third kappa shape index (κ3) is 4.05. The molecule has 1 aliphatic rings. The molecule has 2 atom stereocenters. The van der Waals surface area contributed by atoms with Crippen LogP contribution in [0.3, 0.4) is 0 Å². The van der Waals surface area contributed by atoms with Crippen molar-refractivity contribution in [2.75, 3.05) is 26.2 Å². The number of benzene rings is 1. The molecule has 1 unspecified atom stereocenters. The van der Waals surface area contributed by atoms with Crippen LogP contribution in [0.4, 0.5) is 0 Å². The summed E-state index contributed by atoms with van der Waals surface area (Å²) in [5, 5.41) is 13.3. The van der Waals surface area contributed by atoms with Crippen molar-refractivity contribution in [3.05, 3.63) is 35.9 Å². The van der Waals surface area contributed by atoms with Crippen LogP contribution < -0.4 is 5.32 Å². The van der Waals surface area contributed by atoms with Crippen LogP contribution in [0.15, 0.2) is 30.3 Å². The molecule has 3 nitrogen and oxygen atoms in total. The van der Waals surface area contributed by atoms with Crippen molar-refractivity contribution in [2.45, 2.75) is 38.8 Å².